The number of ether oxygens (including phenoxy) is 3. The summed E-state index contributed by atoms with van der Waals surface area (Å²) in [6.07, 6.45) is 0.0765. The van der Waals surface area contributed by atoms with Gasteiger partial charge in [0.15, 0.2) is 11.5 Å². The van der Waals surface area contributed by atoms with Crippen LogP contribution in [0.4, 0.5) is 10.5 Å². The number of nitrogens with one attached hydrogen (secondary N) is 2. The Balaban J connectivity index is 1.43. The molecule has 0 spiro atoms. The van der Waals surface area contributed by atoms with Crippen molar-refractivity contribution < 1.29 is 23.4 Å². The predicted molar refractivity (Wildman–Crippen MR) is 119 cm³/mol. The molecule has 2 aromatic carbocycles. The number of nitrogens with zero attached hydrogens (tertiary/aromatic N) is 2. The summed E-state index contributed by atoms with van der Waals surface area (Å²) in [6, 6.07) is 10.7. The normalized spacial score (nSPS) is 17.1. The van der Waals surface area contributed by atoms with E-state index in [2.05, 4.69) is 15.7 Å². The molecule has 0 bridgehead atoms. The molecule has 3 aromatic rings. The van der Waals surface area contributed by atoms with E-state index in [0.29, 0.717) is 12.1 Å². The third-order valence-electron chi connectivity index (χ3n) is 5.38. The first kappa shape index (κ1) is 21.4. The highest BCUT2D eigenvalue weighted by atomic mass is 35.5. The van der Waals surface area contributed by atoms with E-state index in [1.54, 1.807) is 0 Å². The van der Waals surface area contributed by atoms with Gasteiger partial charge in [-0.15, -0.1) is 5.10 Å². The van der Waals surface area contributed by atoms with Gasteiger partial charge in [0.25, 0.3) is 5.89 Å². The molecule has 2 N–H and O–H groups in total. The summed E-state index contributed by atoms with van der Waals surface area (Å²) in [6.45, 7) is 2.07. The lowest BCUT2D eigenvalue weighted by molar-refractivity contribution is 0.154. The van der Waals surface area contributed by atoms with Crippen molar-refractivity contribution in [3.8, 4) is 23.0 Å². The molecular weight excluding hydrogens is 452 g/mol. The van der Waals surface area contributed by atoms with Crippen LogP contribution in [0.1, 0.15) is 18.0 Å². The van der Waals surface area contributed by atoms with E-state index in [0.717, 1.165) is 18.5 Å². The molecule has 2 aliphatic heterocycles. The molecule has 172 valence electrons. The molecule has 0 radical (unpaired) electrons. The van der Waals surface area contributed by atoms with Crippen LogP contribution in [-0.2, 0) is 11.3 Å². The monoisotopic (exact) mass is 472 g/mol. The van der Waals surface area contributed by atoms with Crippen molar-refractivity contribution in [2.75, 3.05) is 31.6 Å². The first-order valence-corrected chi connectivity index (χ1v) is 10.9. The van der Waals surface area contributed by atoms with Gasteiger partial charge in [0, 0.05) is 6.54 Å². The van der Waals surface area contributed by atoms with Crippen molar-refractivity contribution in [3.63, 3.8) is 0 Å². The van der Waals surface area contributed by atoms with Crippen molar-refractivity contribution in [1.82, 2.24) is 15.1 Å². The molecule has 1 fully saturated rings. The molecule has 3 heterocycles. The standard InChI is InChI=1S/C22H21ClN4O6/c23-16-10-15(20-26-27(22(29)33-20)14-6-7-24-11-14)18-19(31-9-8-30-18)17(16)25-21(28)32-12-13-4-2-1-3-5-13/h1-5,10,14,24H,6-9,11-12H2,(H,25,28)/t14-/m0/s1. The lowest BCUT2D eigenvalue weighted by atomic mass is 10.1. The van der Waals surface area contributed by atoms with Crippen LogP contribution in [0.2, 0.25) is 5.02 Å². The lowest BCUT2D eigenvalue weighted by Gasteiger charge is -2.23. The summed E-state index contributed by atoms with van der Waals surface area (Å²) in [7, 11) is 0. The van der Waals surface area contributed by atoms with Crippen molar-refractivity contribution in [1.29, 1.82) is 0 Å². The summed E-state index contributed by atoms with van der Waals surface area (Å²) in [4.78, 5) is 24.8. The zero-order valence-corrected chi connectivity index (χ0v) is 18.3. The Morgan fingerprint density at radius 1 is 1.24 bits per heavy atom. The van der Waals surface area contributed by atoms with Gasteiger partial charge in [0.1, 0.15) is 25.5 Å². The molecule has 1 aromatic heterocycles. The number of fused-ring (bicyclic) bond motifs is 1. The zero-order chi connectivity index (χ0) is 22.8. The number of rotatable bonds is 5. The van der Waals surface area contributed by atoms with Crippen LogP contribution >= 0.6 is 11.6 Å². The minimum atomic E-state index is -0.700. The van der Waals surface area contributed by atoms with Gasteiger partial charge in [0.2, 0.25) is 0 Å². The Morgan fingerprint density at radius 3 is 2.79 bits per heavy atom. The number of hydrogen-bond donors (Lipinski definition) is 2. The summed E-state index contributed by atoms with van der Waals surface area (Å²) in [5.41, 5.74) is 1.41. The number of carbonyl (C=O) groups excluding carboxylic acids is 1. The molecular formula is C22H21ClN4O6. The van der Waals surface area contributed by atoms with Crippen LogP contribution in [0, 0.1) is 0 Å². The van der Waals surface area contributed by atoms with Crippen LogP contribution < -0.4 is 25.9 Å². The SMILES string of the molecule is O=C(Nc1c(Cl)cc(-c2nn([C@H]3CCNC3)c(=O)o2)c2c1OCCO2)OCc1ccccc1. The molecule has 5 rings (SSSR count). The van der Waals surface area contributed by atoms with E-state index < -0.39 is 11.8 Å². The number of amides is 1. The minimum Gasteiger partial charge on any atom is -0.485 e. The van der Waals surface area contributed by atoms with Gasteiger partial charge in [-0.2, -0.15) is 4.68 Å². The molecule has 1 atom stereocenters. The average Bonchev–Trinajstić information content (AvgIpc) is 3.50. The van der Waals surface area contributed by atoms with Gasteiger partial charge < -0.3 is 23.9 Å². The maximum Gasteiger partial charge on any atom is 0.437 e. The fourth-order valence-corrected chi connectivity index (χ4v) is 4.03. The average molecular weight is 473 g/mol. The van der Waals surface area contributed by atoms with Gasteiger partial charge >= 0.3 is 11.8 Å². The molecule has 1 saturated heterocycles. The third kappa shape index (κ3) is 4.39. The second-order valence-electron chi connectivity index (χ2n) is 7.59. The van der Waals surface area contributed by atoms with Crippen molar-refractivity contribution in [2.45, 2.75) is 19.1 Å². The van der Waals surface area contributed by atoms with Gasteiger partial charge in [-0.3, -0.25) is 5.32 Å². The van der Waals surface area contributed by atoms with Crippen LogP contribution in [0.3, 0.4) is 0 Å². The highest BCUT2D eigenvalue weighted by molar-refractivity contribution is 6.34. The molecule has 11 heteroatoms. The smallest absolute Gasteiger partial charge is 0.437 e. The summed E-state index contributed by atoms with van der Waals surface area (Å²) < 4.78 is 23.6. The maximum absolute atomic E-state index is 12.4. The van der Waals surface area contributed by atoms with Gasteiger partial charge in [-0.05, 0) is 24.6 Å². The molecule has 0 aliphatic carbocycles. The van der Waals surface area contributed by atoms with E-state index in [1.165, 1.54) is 10.7 Å². The van der Waals surface area contributed by atoms with Gasteiger partial charge in [-0.1, -0.05) is 41.9 Å². The first-order chi connectivity index (χ1) is 16.1. The number of aromatic nitrogens is 2. The molecule has 10 nitrogen and oxygen atoms in total. The summed E-state index contributed by atoms with van der Waals surface area (Å²) >= 11 is 6.48. The lowest BCUT2D eigenvalue weighted by Crippen LogP contribution is -2.23. The molecule has 0 unspecified atom stereocenters. The zero-order valence-electron chi connectivity index (χ0n) is 17.5. The van der Waals surface area contributed by atoms with Crippen LogP contribution in [0.5, 0.6) is 11.5 Å². The van der Waals surface area contributed by atoms with E-state index in [-0.39, 0.29) is 54.0 Å². The Kier molecular flexibility index (Phi) is 5.93. The van der Waals surface area contributed by atoms with Crippen molar-refractivity contribution in [3.05, 3.63) is 57.5 Å². The second kappa shape index (κ2) is 9.16. The van der Waals surface area contributed by atoms with Crippen molar-refractivity contribution >= 4 is 23.4 Å². The number of anilines is 1. The number of carbonyl (C=O) groups is 1. The third-order valence-corrected chi connectivity index (χ3v) is 5.68. The molecule has 1 amide bonds. The Bertz CT molecular complexity index is 1220. The van der Waals surface area contributed by atoms with Crippen LogP contribution in [-0.4, -0.2) is 42.2 Å². The van der Waals surface area contributed by atoms with E-state index in [1.807, 2.05) is 30.3 Å². The Hall–Kier alpha value is -3.50. The molecule has 2 aliphatic rings. The number of benzene rings is 2. The highest BCUT2D eigenvalue weighted by Gasteiger charge is 2.29. The first-order valence-electron chi connectivity index (χ1n) is 10.5. The summed E-state index contributed by atoms with van der Waals surface area (Å²) in [5, 5.41) is 10.3. The fourth-order valence-electron chi connectivity index (χ4n) is 3.79. The van der Waals surface area contributed by atoms with E-state index >= 15 is 0 Å². The van der Waals surface area contributed by atoms with Gasteiger partial charge in [-0.25, -0.2) is 9.59 Å². The minimum absolute atomic E-state index is 0.0637. The fraction of sp³-hybridized carbons (Fsp3) is 0.318. The number of halogens is 1. The topological polar surface area (TPSA) is 117 Å². The quantitative estimate of drug-likeness (QED) is 0.581. The number of hydrogen-bond acceptors (Lipinski definition) is 8. The van der Waals surface area contributed by atoms with E-state index in [4.69, 9.17) is 30.2 Å². The highest BCUT2D eigenvalue weighted by Crippen LogP contribution is 2.48. The van der Waals surface area contributed by atoms with Crippen LogP contribution in [0.15, 0.2) is 45.6 Å². The summed E-state index contributed by atoms with van der Waals surface area (Å²) in [5.74, 6) is 0.00263. The molecule has 0 saturated carbocycles. The second-order valence-corrected chi connectivity index (χ2v) is 7.99. The van der Waals surface area contributed by atoms with E-state index in [9.17, 15) is 9.59 Å². The molecule has 33 heavy (non-hydrogen) atoms. The maximum atomic E-state index is 12.4. The van der Waals surface area contributed by atoms with Gasteiger partial charge in [0.05, 0.1) is 16.6 Å². The Morgan fingerprint density at radius 2 is 2.03 bits per heavy atom. The predicted octanol–water partition coefficient (Wildman–Crippen LogP) is 3.21. The largest absolute Gasteiger partial charge is 0.485 e. The van der Waals surface area contributed by atoms with Crippen molar-refractivity contribution in [2.24, 2.45) is 0 Å². The van der Waals surface area contributed by atoms with Crippen LogP contribution in [0.25, 0.3) is 11.5 Å². The Labute approximate surface area is 193 Å².